The van der Waals surface area contributed by atoms with E-state index in [0.29, 0.717) is 0 Å². The molecule has 1 aromatic carbocycles. The summed E-state index contributed by atoms with van der Waals surface area (Å²) in [7, 11) is 0. The van der Waals surface area contributed by atoms with Crippen LogP contribution in [0.4, 0.5) is 57.1 Å². The molecule has 0 unspecified atom stereocenters. The second-order valence-electron chi connectivity index (χ2n) is 5.97. The first-order chi connectivity index (χ1) is 12.8. The molecule has 0 atom stereocenters. The maximum Gasteiger partial charge on any atom is 0.460 e. The fourth-order valence-electron chi connectivity index (χ4n) is 2.07. The van der Waals surface area contributed by atoms with Crippen LogP contribution in [-0.2, 0) is 13.0 Å². The third-order valence-corrected chi connectivity index (χ3v) is 3.93. The van der Waals surface area contributed by atoms with Crippen molar-refractivity contribution in [1.29, 1.82) is 0 Å². The summed E-state index contributed by atoms with van der Waals surface area (Å²) in [6, 6.07) is 4.23. The van der Waals surface area contributed by atoms with Crippen LogP contribution in [0.15, 0.2) is 24.3 Å². The Labute approximate surface area is 154 Å². The first kappa shape index (κ1) is 25.3. The van der Waals surface area contributed by atoms with Gasteiger partial charge in [-0.1, -0.05) is 24.3 Å². The number of aliphatic hydroxyl groups excluding tert-OH is 1. The molecule has 0 radical (unpaired) electrons. The third-order valence-electron chi connectivity index (χ3n) is 3.93. The van der Waals surface area contributed by atoms with Gasteiger partial charge >= 0.3 is 35.8 Å². The average molecular weight is 454 g/mol. The van der Waals surface area contributed by atoms with Gasteiger partial charge in [-0.05, 0) is 17.5 Å². The van der Waals surface area contributed by atoms with Crippen LogP contribution in [0.2, 0.25) is 0 Å². The molecule has 14 heteroatoms. The van der Waals surface area contributed by atoms with Crippen molar-refractivity contribution in [2.45, 2.75) is 55.2 Å². The van der Waals surface area contributed by atoms with Crippen molar-refractivity contribution in [3.63, 3.8) is 0 Å². The van der Waals surface area contributed by atoms with Gasteiger partial charge in [-0.25, -0.2) is 0 Å². The summed E-state index contributed by atoms with van der Waals surface area (Å²) in [4.78, 5) is 0. The Balaban J connectivity index is 3.20. The van der Waals surface area contributed by atoms with Gasteiger partial charge in [0.1, 0.15) is 0 Å². The van der Waals surface area contributed by atoms with Gasteiger partial charge in [0.15, 0.2) is 0 Å². The molecule has 0 saturated heterocycles. The second kappa shape index (κ2) is 7.51. The number of alkyl halides is 13. The van der Waals surface area contributed by atoms with E-state index in [1.54, 1.807) is 0 Å². The van der Waals surface area contributed by atoms with E-state index in [-0.39, 0.29) is 11.1 Å². The fourth-order valence-corrected chi connectivity index (χ4v) is 2.07. The van der Waals surface area contributed by atoms with Gasteiger partial charge < -0.3 is 5.11 Å². The molecule has 168 valence electrons. The fraction of sp³-hybridized carbons (Fsp3) is 0.600. The molecule has 0 aromatic heterocycles. The van der Waals surface area contributed by atoms with Gasteiger partial charge in [-0.2, -0.15) is 57.1 Å². The number of aryl methyl sites for hydroxylation is 1. The van der Waals surface area contributed by atoms with Gasteiger partial charge in [0.25, 0.3) is 0 Å². The van der Waals surface area contributed by atoms with Crippen molar-refractivity contribution in [3.05, 3.63) is 35.4 Å². The highest BCUT2D eigenvalue weighted by Gasteiger charge is 2.90. The smallest absolute Gasteiger partial charge is 0.392 e. The van der Waals surface area contributed by atoms with Gasteiger partial charge in [0, 0.05) is 6.42 Å². The summed E-state index contributed by atoms with van der Waals surface area (Å²) in [5.74, 6) is -36.7. The molecule has 1 rings (SSSR count). The Hall–Kier alpha value is -1.73. The standard InChI is InChI=1S/C15H11F13O/c16-10(17,6-5-8-1-3-9(7-29)4-2-8)11(18,19)12(20,21)13(22,23)14(24,25)15(26,27)28/h1-4,29H,5-7H2. The lowest BCUT2D eigenvalue weighted by molar-refractivity contribution is -0.440. The van der Waals surface area contributed by atoms with Crippen LogP contribution in [0.1, 0.15) is 17.5 Å². The Kier molecular flexibility index (Phi) is 6.55. The number of benzene rings is 1. The molecule has 0 aliphatic rings. The molecule has 1 aromatic rings. The van der Waals surface area contributed by atoms with E-state index in [2.05, 4.69) is 0 Å². The minimum absolute atomic E-state index is 0.214. The summed E-state index contributed by atoms with van der Waals surface area (Å²) in [5, 5.41) is 8.77. The molecular formula is C15H11F13O. The molecule has 29 heavy (non-hydrogen) atoms. The van der Waals surface area contributed by atoms with Crippen LogP contribution in [0, 0.1) is 0 Å². The van der Waals surface area contributed by atoms with E-state index in [4.69, 9.17) is 5.11 Å². The zero-order valence-corrected chi connectivity index (χ0v) is 13.8. The molecule has 0 aliphatic carbocycles. The highest BCUT2D eigenvalue weighted by atomic mass is 19.4. The van der Waals surface area contributed by atoms with Crippen molar-refractivity contribution < 1.29 is 62.2 Å². The van der Waals surface area contributed by atoms with Crippen molar-refractivity contribution >= 4 is 0 Å². The van der Waals surface area contributed by atoms with Crippen LogP contribution in [-0.4, -0.2) is 40.9 Å². The maximum absolute atomic E-state index is 13.6. The van der Waals surface area contributed by atoms with E-state index < -0.39 is 55.2 Å². The van der Waals surface area contributed by atoms with Crippen LogP contribution in [0.3, 0.4) is 0 Å². The summed E-state index contributed by atoms with van der Waals surface area (Å²) >= 11 is 0. The number of rotatable bonds is 8. The average Bonchev–Trinajstić information content (AvgIpc) is 2.58. The minimum atomic E-state index is -7.88. The normalized spacial score (nSPS) is 15.0. The van der Waals surface area contributed by atoms with E-state index in [9.17, 15) is 57.1 Å². The van der Waals surface area contributed by atoms with Gasteiger partial charge in [-0.15, -0.1) is 0 Å². The second-order valence-corrected chi connectivity index (χ2v) is 5.97. The molecule has 0 amide bonds. The summed E-state index contributed by atoms with van der Waals surface area (Å²) in [6.45, 7) is -0.497. The third kappa shape index (κ3) is 4.12. The highest BCUT2D eigenvalue weighted by Crippen LogP contribution is 2.60. The van der Waals surface area contributed by atoms with Gasteiger partial charge in [0.05, 0.1) is 6.61 Å². The molecule has 1 N–H and O–H groups in total. The zero-order valence-electron chi connectivity index (χ0n) is 13.8. The van der Waals surface area contributed by atoms with Crippen molar-refractivity contribution in [1.82, 2.24) is 0 Å². The lowest BCUT2D eigenvalue weighted by Crippen LogP contribution is -2.70. The Morgan fingerprint density at radius 3 is 1.31 bits per heavy atom. The number of aliphatic hydroxyl groups is 1. The maximum atomic E-state index is 13.6. The molecule has 0 heterocycles. The lowest BCUT2D eigenvalue weighted by Gasteiger charge is -2.39. The Bertz CT molecular complexity index is 691. The predicted octanol–water partition coefficient (Wildman–Crippen LogP) is 5.85. The SMILES string of the molecule is OCc1ccc(CCC(F)(F)C(F)(F)C(F)(F)C(F)(F)C(F)(F)C(F)(F)F)cc1. The van der Waals surface area contributed by atoms with E-state index >= 15 is 0 Å². The summed E-state index contributed by atoms with van der Waals surface area (Å²) in [6.07, 6.45) is -10.8. The molecule has 0 bridgehead atoms. The van der Waals surface area contributed by atoms with Gasteiger partial charge in [0.2, 0.25) is 0 Å². The number of hydrogen-bond acceptors (Lipinski definition) is 1. The van der Waals surface area contributed by atoms with Crippen LogP contribution in [0.25, 0.3) is 0 Å². The number of hydrogen-bond donors (Lipinski definition) is 1. The monoisotopic (exact) mass is 454 g/mol. The van der Waals surface area contributed by atoms with Crippen molar-refractivity contribution in [2.24, 2.45) is 0 Å². The quantitative estimate of drug-likeness (QED) is 0.489. The molecule has 0 spiro atoms. The molecular weight excluding hydrogens is 443 g/mol. The van der Waals surface area contributed by atoms with E-state index in [1.165, 1.54) is 0 Å². The first-order valence-corrected chi connectivity index (χ1v) is 7.41. The van der Waals surface area contributed by atoms with Crippen molar-refractivity contribution in [2.75, 3.05) is 0 Å². The van der Waals surface area contributed by atoms with Crippen molar-refractivity contribution in [3.8, 4) is 0 Å². The van der Waals surface area contributed by atoms with Crippen LogP contribution >= 0.6 is 0 Å². The largest absolute Gasteiger partial charge is 0.460 e. The lowest BCUT2D eigenvalue weighted by atomic mass is 9.91. The molecule has 1 nitrogen and oxygen atoms in total. The molecule has 0 fully saturated rings. The van der Waals surface area contributed by atoms with E-state index in [0.717, 1.165) is 24.3 Å². The van der Waals surface area contributed by atoms with Crippen LogP contribution in [0.5, 0.6) is 0 Å². The molecule has 0 saturated carbocycles. The summed E-state index contributed by atoms with van der Waals surface area (Å²) in [5.41, 5.74) is 0.0276. The Morgan fingerprint density at radius 2 is 0.931 bits per heavy atom. The first-order valence-electron chi connectivity index (χ1n) is 7.41. The zero-order chi connectivity index (χ0) is 23.1. The number of halogens is 13. The van der Waals surface area contributed by atoms with Crippen LogP contribution < -0.4 is 0 Å². The Morgan fingerprint density at radius 1 is 0.552 bits per heavy atom. The predicted molar refractivity (Wildman–Crippen MR) is 71.5 cm³/mol. The topological polar surface area (TPSA) is 20.2 Å². The molecule has 0 aliphatic heterocycles. The van der Waals surface area contributed by atoms with Gasteiger partial charge in [-0.3, -0.25) is 0 Å². The van der Waals surface area contributed by atoms with E-state index in [1.807, 2.05) is 0 Å². The highest BCUT2D eigenvalue weighted by molar-refractivity contribution is 5.22. The minimum Gasteiger partial charge on any atom is -0.392 e. The summed E-state index contributed by atoms with van der Waals surface area (Å²) < 4.78 is 168.